The van der Waals surface area contributed by atoms with Crippen LogP contribution in [0.15, 0.2) is 60.8 Å². The summed E-state index contributed by atoms with van der Waals surface area (Å²) in [6, 6.07) is 16.8. The highest BCUT2D eigenvalue weighted by atomic mass is 35.5. The molecule has 0 bridgehead atoms. The van der Waals surface area contributed by atoms with Crippen LogP contribution in [0.5, 0.6) is 0 Å². The van der Waals surface area contributed by atoms with Gasteiger partial charge >= 0.3 is 0 Å². The maximum absolute atomic E-state index is 13.2. The number of nitrogens with zero attached hydrogens (tertiary/aromatic N) is 5. The number of halogens is 1. The summed E-state index contributed by atoms with van der Waals surface area (Å²) < 4.78 is 0. The van der Waals surface area contributed by atoms with Gasteiger partial charge in [-0.2, -0.15) is 15.4 Å². The van der Waals surface area contributed by atoms with Crippen LogP contribution in [-0.4, -0.2) is 68.2 Å². The Morgan fingerprint density at radius 1 is 0.778 bits per heavy atom. The monoisotopic (exact) mass is 502 g/mol. The van der Waals surface area contributed by atoms with Crippen molar-refractivity contribution in [3.8, 4) is 11.1 Å². The van der Waals surface area contributed by atoms with Gasteiger partial charge in [0.2, 0.25) is 0 Å². The van der Waals surface area contributed by atoms with E-state index in [0.29, 0.717) is 45.5 Å². The Labute approximate surface area is 215 Å². The number of fused-ring (bicyclic) bond motifs is 5. The van der Waals surface area contributed by atoms with Crippen molar-refractivity contribution in [2.75, 3.05) is 26.2 Å². The van der Waals surface area contributed by atoms with Gasteiger partial charge in [-0.1, -0.05) is 29.8 Å². The first-order chi connectivity index (χ1) is 17.5. The summed E-state index contributed by atoms with van der Waals surface area (Å²) >= 11 is 5.98. The minimum atomic E-state index is -0.0148. The van der Waals surface area contributed by atoms with Gasteiger partial charge in [-0.05, 0) is 65.6 Å². The van der Waals surface area contributed by atoms with Gasteiger partial charge in [-0.25, -0.2) is 0 Å². The minimum Gasteiger partial charge on any atom is -0.338 e. The summed E-state index contributed by atoms with van der Waals surface area (Å²) in [5, 5.41) is 11.4. The van der Waals surface area contributed by atoms with Gasteiger partial charge in [0.05, 0.1) is 0 Å². The van der Waals surface area contributed by atoms with Gasteiger partial charge in [-0.3, -0.25) is 14.6 Å². The van der Waals surface area contributed by atoms with Crippen molar-refractivity contribution in [1.82, 2.24) is 30.2 Å². The molecule has 4 heterocycles. The standard InChI is InChI=1S/C27H23ClN6O2.2H2/c28-18-5-1-15(2-6-18)17-4-8-24(29-10-17)27(36)34-13-21-19-11-33(12-20(19)22(21)14-34)26(35)16-3-7-23-25(9-16)31-32-30-23;;/h1-10,19-22H,11-14H2,(H,30,31,32);2*1H/t19-,20+,21?,22?;;. The predicted molar refractivity (Wildman–Crippen MR) is 139 cm³/mol. The summed E-state index contributed by atoms with van der Waals surface area (Å²) in [4.78, 5) is 34.7. The van der Waals surface area contributed by atoms with Gasteiger partial charge in [0, 0.05) is 51.4 Å². The number of hydrogen-bond donors (Lipinski definition) is 1. The molecule has 1 saturated carbocycles. The molecule has 1 aliphatic carbocycles. The van der Waals surface area contributed by atoms with E-state index in [1.54, 1.807) is 18.3 Å². The molecule has 4 atom stereocenters. The zero-order valence-corrected chi connectivity index (χ0v) is 20.1. The number of hydrogen-bond acceptors (Lipinski definition) is 5. The van der Waals surface area contributed by atoms with Crippen LogP contribution < -0.4 is 0 Å². The van der Waals surface area contributed by atoms with E-state index >= 15 is 0 Å². The molecule has 2 amide bonds. The van der Waals surface area contributed by atoms with Crippen molar-refractivity contribution >= 4 is 34.4 Å². The van der Waals surface area contributed by atoms with E-state index < -0.39 is 0 Å². The summed E-state index contributed by atoms with van der Waals surface area (Å²) in [7, 11) is 0. The van der Waals surface area contributed by atoms with Crippen molar-refractivity contribution in [2.24, 2.45) is 23.7 Å². The maximum Gasteiger partial charge on any atom is 0.272 e. The molecule has 2 aromatic heterocycles. The molecule has 0 radical (unpaired) electrons. The first-order valence-electron chi connectivity index (χ1n) is 12.2. The van der Waals surface area contributed by atoms with Gasteiger partial charge in [0.1, 0.15) is 16.7 Å². The van der Waals surface area contributed by atoms with Crippen molar-refractivity contribution in [3.63, 3.8) is 0 Å². The van der Waals surface area contributed by atoms with Gasteiger partial charge in [0.25, 0.3) is 11.8 Å². The third kappa shape index (κ3) is 3.39. The third-order valence-corrected chi connectivity index (χ3v) is 8.47. The lowest BCUT2D eigenvalue weighted by molar-refractivity contribution is 0.0629. The van der Waals surface area contributed by atoms with Gasteiger partial charge in [0.15, 0.2) is 0 Å². The molecule has 4 aromatic rings. The molecule has 2 unspecified atom stereocenters. The van der Waals surface area contributed by atoms with Crippen LogP contribution in [-0.2, 0) is 0 Å². The number of aromatic nitrogens is 4. The fourth-order valence-electron chi connectivity index (χ4n) is 6.36. The predicted octanol–water partition coefficient (Wildman–Crippen LogP) is 4.26. The average molecular weight is 503 g/mol. The molecule has 2 saturated heterocycles. The Morgan fingerprint density at radius 2 is 1.39 bits per heavy atom. The highest BCUT2D eigenvalue weighted by molar-refractivity contribution is 6.30. The molecule has 2 aromatic carbocycles. The number of carbonyl (C=O) groups excluding carboxylic acids is 2. The van der Waals surface area contributed by atoms with Crippen LogP contribution in [0.25, 0.3) is 22.2 Å². The van der Waals surface area contributed by atoms with Crippen molar-refractivity contribution < 1.29 is 12.4 Å². The summed E-state index contributed by atoms with van der Waals surface area (Å²) in [6.45, 7) is 2.96. The molecule has 2 aliphatic heterocycles. The lowest BCUT2D eigenvalue weighted by Crippen LogP contribution is -2.44. The highest BCUT2D eigenvalue weighted by Gasteiger charge is 2.59. The van der Waals surface area contributed by atoms with E-state index in [1.165, 1.54) is 0 Å². The number of pyridine rings is 1. The Bertz CT molecular complexity index is 1480. The first-order valence-corrected chi connectivity index (χ1v) is 12.5. The van der Waals surface area contributed by atoms with Crippen LogP contribution in [0.1, 0.15) is 23.7 Å². The molecule has 184 valence electrons. The number of benzene rings is 2. The van der Waals surface area contributed by atoms with E-state index in [0.717, 1.165) is 42.8 Å². The second-order valence-corrected chi connectivity index (χ2v) is 10.5. The maximum atomic E-state index is 13.2. The van der Waals surface area contributed by atoms with E-state index in [9.17, 15) is 9.59 Å². The summed E-state index contributed by atoms with van der Waals surface area (Å²) in [6.07, 6.45) is 1.75. The quantitative estimate of drug-likeness (QED) is 0.451. The smallest absolute Gasteiger partial charge is 0.272 e. The van der Waals surface area contributed by atoms with Crippen molar-refractivity contribution in [1.29, 1.82) is 0 Å². The third-order valence-electron chi connectivity index (χ3n) is 8.22. The molecule has 3 fully saturated rings. The highest BCUT2D eigenvalue weighted by Crippen LogP contribution is 2.54. The van der Waals surface area contributed by atoms with E-state index in [1.807, 2.05) is 52.3 Å². The van der Waals surface area contributed by atoms with Gasteiger partial charge < -0.3 is 9.80 Å². The van der Waals surface area contributed by atoms with Crippen LogP contribution in [0.3, 0.4) is 0 Å². The number of aromatic amines is 1. The molecule has 3 aliphatic rings. The fraction of sp³-hybridized carbons (Fsp3) is 0.296. The molecule has 1 N–H and O–H groups in total. The average Bonchev–Trinajstić information content (AvgIpc) is 3.62. The first kappa shape index (κ1) is 21.5. The molecule has 9 heteroatoms. The number of amides is 2. The topological polar surface area (TPSA) is 95.1 Å². The fourth-order valence-corrected chi connectivity index (χ4v) is 6.48. The van der Waals surface area contributed by atoms with Crippen LogP contribution >= 0.6 is 11.6 Å². The number of H-pyrrole nitrogens is 1. The van der Waals surface area contributed by atoms with Crippen LogP contribution in [0.4, 0.5) is 0 Å². The van der Waals surface area contributed by atoms with Crippen LogP contribution in [0.2, 0.25) is 5.02 Å². The Kier molecular flexibility index (Phi) is 4.86. The summed E-state index contributed by atoms with van der Waals surface area (Å²) in [5.41, 5.74) is 4.53. The molecular weight excluding hydrogens is 476 g/mol. The molecule has 8 nitrogen and oxygen atoms in total. The molecule has 7 rings (SSSR count). The summed E-state index contributed by atoms with van der Waals surface area (Å²) in [5.74, 6) is 1.83. The zero-order chi connectivity index (χ0) is 24.4. The Morgan fingerprint density at radius 3 is 2.03 bits per heavy atom. The minimum absolute atomic E-state index is 0. The van der Waals surface area contributed by atoms with E-state index in [2.05, 4.69) is 20.4 Å². The lowest BCUT2D eigenvalue weighted by Gasteiger charge is -2.42. The van der Waals surface area contributed by atoms with E-state index in [-0.39, 0.29) is 14.7 Å². The van der Waals surface area contributed by atoms with Gasteiger partial charge in [-0.15, -0.1) is 0 Å². The number of likely N-dealkylation sites (tertiary alicyclic amines) is 2. The number of rotatable bonds is 3. The zero-order valence-electron chi connectivity index (χ0n) is 19.3. The Hall–Kier alpha value is -3.78. The second kappa shape index (κ2) is 8.13. The molecule has 0 spiro atoms. The second-order valence-electron chi connectivity index (χ2n) is 10.0. The lowest BCUT2D eigenvalue weighted by atomic mass is 9.60. The van der Waals surface area contributed by atoms with Crippen molar-refractivity contribution in [3.05, 3.63) is 77.1 Å². The number of carbonyl (C=O) groups is 2. The SMILES string of the molecule is O=C(c1ccc2n[nH]nc2c1)N1C[C@@H]2C3CN(C(=O)c4ccc(-c5ccc(Cl)cc5)cn4)CC3[C@@H]2C1.[HH].[HH]. The van der Waals surface area contributed by atoms with Crippen LogP contribution in [0, 0.1) is 23.7 Å². The molecular formula is C27H27ClN6O2. The van der Waals surface area contributed by atoms with E-state index in [4.69, 9.17) is 11.6 Å². The number of nitrogens with one attached hydrogen (secondary N) is 1. The largest absolute Gasteiger partial charge is 0.338 e. The normalized spacial score (nSPS) is 24.5. The Balaban J connectivity index is 0.00000147. The molecule has 36 heavy (non-hydrogen) atoms. The van der Waals surface area contributed by atoms with Crippen molar-refractivity contribution in [2.45, 2.75) is 0 Å².